The Morgan fingerprint density at radius 2 is 1.89 bits per heavy atom. The fraction of sp³-hybridized carbons (Fsp3) is 0.364. The summed E-state index contributed by atoms with van der Waals surface area (Å²) >= 11 is 0. The van der Waals surface area contributed by atoms with Crippen molar-refractivity contribution in [3.8, 4) is 0 Å². The predicted octanol–water partition coefficient (Wildman–Crippen LogP) is 0.0245. The molecule has 1 fully saturated rings. The first-order valence-electron chi connectivity index (χ1n) is 5.63. The van der Waals surface area contributed by atoms with Crippen LogP contribution in [0.2, 0.25) is 0 Å². The lowest BCUT2D eigenvalue weighted by Gasteiger charge is -2.07. The lowest BCUT2D eigenvalue weighted by Crippen LogP contribution is -2.25. The molecule has 98 valence electrons. The molecular formula is C11H15N3O3S. The Balaban J connectivity index is 2.08. The van der Waals surface area contributed by atoms with Gasteiger partial charge in [0, 0.05) is 11.7 Å². The molecule has 4 N–H and O–H groups in total. The molecule has 0 radical (unpaired) electrons. The van der Waals surface area contributed by atoms with Gasteiger partial charge in [-0.1, -0.05) is 0 Å². The maximum atomic E-state index is 11.9. The van der Waals surface area contributed by atoms with Crippen LogP contribution in [-0.2, 0) is 14.8 Å². The van der Waals surface area contributed by atoms with E-state index in [0.29, 0.717) is 5.69 Å². The number of carbonyl (C=O) groups excluding carboxylic acids is 1. The second kappa shape index (κ2) is 5.05. The van der Waals surface area contributed by atoms with E-state index in [1.807, 2.05) is 0 Å². The van der Waals surface area contributed by atoms with Crippen LogP contribution in [0.5, 0.6) is 0 Å². The molecule has 1 saturated carbocycles. The summed E-state index contributed by atoms with van der Waals surface area (Å²) in [6.07, 6.45) is 1.79. The Morgan fingerprint density at radius 3 is 2.39 bits per heavy atom. The van der Waals surface area contributed by atoms with E-state index in [4.69, 9.17) is 5.73 Å². The number of sulfonamides is 1. The molecule has 2 rings (SSSR count). The van der Waals surface area contributed by atoms with Crippen molar-refractivity contribution in [2.75, 3.05) is 11.9 Å². The van der Waals surface area contributed by atoms with Gasteiger partial charge in [0.25, 0.3) is 0 Å². The van der Waals surface area contributed by atoms with Crippen LogP contribution in [0.4, 0.5) is 5.69 Å². The third kappa shape index (κ3) is 3.28. The molecule has 1 aromatic rings. The summed E-state index contributed by atoms with van der Waals surface area (Å²) in [5.74, 6) is -0.318. The highest BCUT2D eigenvalue weighted by molar-refractivity contribution is 7.89. The lowest BCUT2D eigenvalue weighted by molar-refractivity contribution is -0.114. The standard InChI is InChI=1S/C11H15N3O3S/c12-7-11(15)13-8-3-5-10(6-4-8)18(16,17)14-9-1-2-9/h3-6,9,14H,1-2,7,12H2,(H,13,15). The van der Waals surface area contributed by atoms with Crippen LogP contribution in [0.3, 0.4) is 0 Å². The van der Waals surface area contributed by atoms with Gasteiger partial charge >= 0.3 is 0 Å². The number of hydrogen-bond acceptors (Lipinski definition) is 4. The Kier molecular flexibility index (Phi) is 3.65. The number of nitrogens with two attached hydrogens (primary N) is 1. The second-order valence-electron chi connectivity index (χ2n) is 4.17. The molecule has 1 aliphatic carbocycles. The highest BCUT2D eigenvalue weighted by Crippen LogP contribution is 2.22. The molecule has 1 aliphatic rings. The van der Waals surface area contributed by atoms with E-state index in [1.54, 1.807) is 0 Å². The molecule has 18 heavy (non-hydrogen) atoms. The average Bonchev–Trinajstić information content (AvgIpc) is 3.13. The molecule has 0 aromatic heterocycles. The zero-order valence-electron chi connectivity index (χ0n) is 9.72. The SMILES string of the molecule is NCC(=O)Nc1ccc(S(=O)(=O)NC2CC2)cc1. The van der Waals surface area contributed by atoms with Crippen LogP contribution in [0.1, 0.15) is 12.8 Å². The number of benzene rings is 1. The van der Waals surface area contributed by atoms with Gasteiger partial charge in [-0.25, -0.2) is 13.1 Å². The molecule has 6 nitrogen and oxygen atoms in total. The third-order valence-electron chi connectivity index (χ3n) is 2.53. The van der Waals surface area contributed by atoms with Crippen molar-refractivity contribution in [1.29, 1.82) is 0 Å². The first-order valence-corrected chi connectivity index (χ1v) is 7.12. The van der Waals surface area contributed by atoms with Crippen molar-refractivity contribution >= 4 is 21.6 Å². The Morgan fingerprint density at radius 1 is 1.28 bits per heavy atom. The molecule has 0 atom stereocenters. The number of carbonyl (C=O) groups is 1. The van der Waals surface area contributed by atoms with E-state index in [-0.39, 0.29) is 23.4 Å². The average molecular weight is 269 g/mol. The summed E-state index contributed by atoms with van der Waals surface area (Å²) in [5, 5.41) is 2.54. The first-order chi connectivity index (χ1) is 8.51. The van der Waals surface area contributed by atoms with Gasteiger partial charge in [-0.3, -0.25) is 4.79 Å². The minimum absolute atomic E-state index is 0.0756. The molecule has 0 unspecified atom stereocenters. The van der Waals surface area contributed by atoms with Crippen LogP contribution in [0, 0.1) is 0 Å². The van der Waals surface area contributed by atoms with Gasteiger partial charge in [0.1, 0.15) is 0 Å². The van der Waals surface area contributed by atoms with Crippen LogP contribution >= 0.6 is 0 Å². The second-order valence-corrected chi connectivity index (χ2v) is 5.89. The molecule has 0 spiro atoms. The van der Waals surface area contributed by atoms with Crippen molar-refractivity contribution in [2.24, 2.45) is 5.73 Å². The van der Waals surface area contributed by atoms with E-state index in [2.05, 4.69) is 10.0 Å². The highest BCUT2D eigenvalue weighted by Gasteiger charge is 2.27. The number of rotatable bonds is 5. The van der Waals surface area contributed by atoms with Gasteiger partial charge in [0.05, 0.1) is 11.4 Å². The zero-order valence-corrected chi connectivity index (χ0v) is 10.5. The van der Waals surface area contributed by atoms with E-state index < -0.39 is 10.0 Å². The van der Waals surface area contributed by atoms with Gasteiger partial charge in [-0.2, -0.15) is 0 Å². The molecule has 0 bridgehead atoms. The molecular weight excluding hydrogens is 254 g/mol. The normalized spacial score (nSPS) is 15.4. The van der Waals surface area contributed by atoms with E-state index in [0.717, 1.165) is 12.8 Å². The van der Waals surface area contributed by atoms with Crippen molar-refractivity contribution in [1.82, 2.24) is 4.72 Å². The smallest absolute Gasteiger partial charge is 0.240 e. The maximum absolute atomic E-state index is 11.9. The number of amides is 1. The van der Waals surface area contributed by atoms with Crippen LogP contribution < -0.4 is 15.8 Å². The quantitative estimate of drug-likeness (QED) is 0.701. The van der Waals surface area contributed by atoms with Crippen LogP contribution in [0.15, 0.2) is 29.2 Å². The molecule has 1 aromatic carbocycles. The van der Waals surface area contributed by atoms with Crippen molar-refractivity contribution in [2.45, 2.75) is 23.8 Å². The van der Waals surface area contributed by atoms with Gasteiger partial charge in [-0.15, -0.1) is 0 Å². The van der Waals surface area contributed by atoms with Crippen molar-refractivity contribution < 1.29 is 13.2 Å². The summed E-state index contributed by atoms with van der Waals surface area (Å²) in [6.45, 7) is -0.108. The summed E-state index contributed by atoms with van der Waals surface area (Å²) < 4.78 is 26.3. The number of anilines is 1. The number of nitrogens with one attached hydrogen (secondary N) is 2. The van der Waals surface area contributed by atoms with Gasteiger partial charge in [-0.05, 0) is 37.1 Å². The van der Waals surface area contributed by atoms with Crippen LogP contribution in [-0.4, -0.2) is 26.9 Å². The minimum atomic E-state index is -3.44. The van der Waals surface area contributed by atoms with E-state index >= 15 is 0 Å². The third-order valence-corrected chi connectivity index (χ3v) is 4.07. The molecule has 0 aliphatic heterocycles. The molecule has 0 heterocycles. The van der Waals surface area contributed by atoms with E-state index in [1.165, 1.54) is 24.3 Å². The summed E-state index contributed by atoms with van der Waals surface area (Å²) in [7, 11) is -3.44. The lowest BCUT2D eigenvalue weighted by atomic mass is 10.3. The predicted molar refractivity (Wildman–Crippen MR) is 67.5 cm³/mol. The minimum Gasteiger partial charge on any atom is -0.325 e. The van der Waals surface area contributed by atoms with Gasteiger partial charge in [0.15, 0.2) is 0 Å². The van der Waals surface area contributed by atoms with Crippen molar-refractivity contribution in [3.05, 3.63) is 24.3 Å². The Bertz CT molecular complexity index is 535. The summed E-state index contributed by atoms with van der Waals surface area (Å²) in [4.78, 5) is 11.2. The first kappa shape index (κ1) is 13.0. The molecule has 7 heteroatoms. The largest absolute Gasteiger partial charge is 0.325 e. The fourth-order valence-corrected chi connectivity index (χ4v) is 2.72. The maximum Gasteiger partial charge on any atom is 0.240 e. The number of hydrogen-bond donors (Lipinski definition) is 3. The summed E-state index contributed by atoms with van der Waals surface area (Å²) in [5.41, 5.74) is 5.69. The highest BCUT2D eigenvalue weighted by atomic mass is 32.2. The van der Waals surface area contributed by atoms with Crippen molar-refractivity contribution in [3.63, 3.8) is 0 Å². The van der Waals surface area contributed by atoms with E-state index in [9.17, 15) is 13.2 Å². The fourth-order valence-electron chi connectivity index (χ4n) is 1.42. The zero-order chi connectivity index (χ0) is 13.2. The monoisotopic (exact) mass is 269 g/mol. The van der Waals surface area contributed by atoms with Gasteiger partial charge < -0.3 is 11.1 Å². The molecule has 1 amide bonds. The van der Waals surface area contributed by atoms with Crippen LogP contribution in [0.25, 0.3) is 0 Å². The van der Waals surface area contributed by atoms with Gasteiger partial charge in [0.2, 0.25) is 15.9 Å². The Hall–Kier alpha value is -1.44. The summed E-state index contributed by atoms with van der Waals surface area (Å²) in [6, 6.07) is 6.06. The molecule has 0 saturated heterocycles. The Labute approximate surface area is 106 Å². The topological polar surface area (TPSA) is 101 Å².